The van der Waals surface area contributed by atoms with Gasteiger partial charge in [0, 0.05) is 55.1 Å². The molecule has 5 rings (SSSR count). The van der Waals surface area contributed by atoms with Gasteiger partial charge in [-0.2, -0.15) is 5.10 Å². The SMILES string of the molecule is CC(C)Oc1cc2c(OCC3CCC(=O)N3)ncc(-c3cnn(CC4CCOCC4)c3)c2cc1C(N)=O. The Kier molecular flexibility index (Phi) is 7.27. The Labute approximate surface area is 215 Å². The van der Waals surface area contributed by atoms with Gasteiger partial charge in [-0.25, -0.2) is 4.98 Å². The molecule has 196 valence electrons. The third-order valence-corrected chi connectivity index (χ3v) is 6.82. The molecule has 3 aromatic rings. The van der Waals surface area contributed by atoms with Crippen LogP contribution in [0.4, 0.5) is 0 Å². The Balaban J connectivity index is 1.52. The van der Waals surface area contributed by atoms with Gasteiger partial charge in [0.2, 0.25) is 11.8 Å². The van der Waals surface area contributed by atoms with Crippen molar-refractivity contribution in [3.8, 4) is 22.8 Å². The second kappa shape index (κ2) is 10.8. The number of rotatable bonds is 9. The van der Waals surface area contributed by atoms with Crippen LogP contribution < -0.4 is 20.5 Å². The van der Waals surface area contributed by atoms with E-state index in [9.17, 15) is 9.59 Å². The number of pyridine rings is 1. The minimum Gasteiger partial charge on any atom is -0.490 e. The summed E-state index contributed by atoms with van der Waals surface area (Å²) in [5, 5.41) is 8.95. The highest BCUT2D eigenvalue weighted by Crippen LogP contribution is 2.37. The first-order chi connectivity index (χ1) is 17.9. The number of hydrogen-bond donors (Lipinski definition) is 2. The summed E-state index contributed by atoms with van der Waals surface area (Å²) in [6, 6.07) is 3.44. The lowest BCUT2D eigenvalue weighted by atomic mass is 9.99. The summed E-state index contributed by atoms with van der Waals surface area (Å²) >= 11 is 0. The molecule has 37 heavy (non-hydrogen) atoms. The summed E-state index contributed by atoms with van der Waals surface area (Å²) in [5.41, 5.74) is 7.72. The monoisotopic (exact) mass is 507 g/mol. The average Bonchev–Trinajstić information content (AvgIpc) is 3.51. The first kappa shape index (κ1) is 25.0. The molecule has 0 aliphatic carbocycles. The van der Waals surface area contributed by atoms with Gasteiger partial charge in [-0.15, -0.1) is 0 Å². The topological polar surface area (TPSA) is 131 Å². The van der Waals surface area contributed by atoms with E-state index in [1.54, 1.807) is 18.3 Å². The number of nitrogens with two attached hydrogens (primary N) is 1. The number of carbonyl (C=O) groups excluding carboxylic acids is 2. The van der Waals surface area contributed by atoms with Crippen LogP contribution in [-0.2, 0) is 16.1 Å². The summed E-state index contributed by atoms with van der Waals surface area (Å²) in [5.74, 6) is 0.757. The third kappa shape index (κ3) is 5.69. The van der Waals surface area contributed by atoms with Gasteiger partial charge in [0.05, 0.1) is 23.9 Å². The highest BCUT2D eigenvalue weighted by molar-refractivity contribution is 6.06. The maximum absolute atomic E-state index is 12.4. The fourth-order valence-corrected chi connectivity index (χ4v) is 4.91. The standard InChI is InChI=1S/C27H33N5O5/c1-16(2)37-24-10-21-20(9-22(24)26(28)34)23(12-29-27(21)36-15-19-3-4-25(33)31-19)18-11-30-32(14-18)13-17-5-7-35-8-6-17/h9-12,14,16-17,19H,3-8,13,15H2,1-2H3,(H2,28,34)(H,31,33). The van der Waals surface area contributed by atoms with Gasteiger partial charge in [-0.05, 0) is 56.5 Å². The Bertz CT molecular complexity index is 1300. The van der Waals surface area contributed by atoms with E-state index in [0.717, 1.165) is 49.1 Å². The van der Waals surface area contributed by atoms with Crippen LogP contribution in [0.25, 0.3) is 21.9 Å². The number of carbonyl (C=O) groups is 2. The molecule has 2 aliphatic rings. The Morgan fingerprint density at radius 2 is 2.03 bits per heavy atom. The van der Waals surface area contributed by atoms with E-state index in [-0.39, 0.29) is 23.6 Å². The fraction of sp³-hybridized carbons (Fsp3) is 0.481. The molecule has 0 bridgehead atoms. The zero-order chi connectivity index (χ0) is 25.9. The molecule has 1 aromatic carbocycles. The molecule has 2 saturated heterocycles. The minimum atomic E-state index is -0.577. The summed E-state index contributed by atoms with van der Waals surface area (Å²) in [7, 11) is 0. The fourth-order valence-electron chi connectivity index (χ4n) is 4.91. The predicted octanol–water partition coefficient (Wildman–Crippen LogP) is 3.07. The normalized spacial score (nSPS) is 18.4. The van der Waals surface area contributed by atoms with E-state index in [2.05, 4.69) is 15.4 Å². The maximum Gasteiger partial charge on any atom is 0.252 e. The second-order valence-corrected chi connectivity index (χ2v) is 10.0. The Morgan fingerprint density at radius 1 is 1.22 bits per heavy atom. The van der Waals surface area contributed by atoms with E-state index in [0.29, 0.717) is 42.4 Å². The van der Waals surface area contributed by atoms with Gasteiger partial charge in [0.1, 0.15) is 12.4 Å². The molecule has 2 aliphatic heterocycles. The van der Waals surface area contributed by atoms with Crippen LogP contribution in [0.5, 0.6) is 11.6 Å². The molecule has 10 nitrogen and oxygen atoms in total. The van der Waals surface area contributed by atoms with Gasteiger partial charge >= 0.3 is 0 Å². The molecule has 10 heteroatoms. The summed E-state index contributed by atoms with van der Waals surface area (Å²) in [6.07, 6.45) is 8.64. The molecule has 2 fully saturated rings. The second-order valence-electron chi connectivity index (χ2n) is 10.0. The van der Waals surface area contributed by atoms with E-state index >= 15 is 0 Å². The molecule has 4 heterocycles. The lowest BCUT2D eigenvalue weighted by Gasteiger charge is -2.21. The number of hydrogen-bond acceptors (Lipinski definition) is 7. The van der Waals surface area contributed by atoms with Crippen LogP contribution in [0.2, 0.25) is 0 Å². The zero-order valence-corrected chi connectivity index (χ0v) is 21.2. The number of nitrogens with zero attached hydrogens (tertiary/aromatic N) is 3. The smallest absolute Gasteiger partial charge is 0.252 e. The largest absolute Gasteiger partial charge is 0.490 e. The summed E-state index contributed by atoms with van der Waals surface area (Å²) < 4.78 is 19.4. The minimum absolute atomic E-state index is 0.0262. The van der Waals surface area contributed by atoms with Crippen LogP contribution in [0.3, 0.4) is 0 Å². The van der Waals surface area contributed by atoms with Crippen LogP contribution in [0.15, 0.2) is 30.7 Å². The van der Waals surface area contributed by atoms with Gasteiger partial charge in [-0.1, -0.05) is 0 Å². The van der Waals surface area contributed by atoms with Gasteiger partial charge in [-0.3, -0.25) is 14.3 Å². The highest BCUT2D eigenvalue weighted by Gasteiger charge is 2.23. The van der Waals surface area contributed by atoms with Crippen LogP contribution in [0, 0.1) is 5.92 Å². The number of primary amides is 1. The van der Waals surface area contributed by atoms with Crippen LogP contribution in [0.1, 0.15) is 49.9 Å². The molecule has 0 spiro atoms. The van der Waals surface area contributed by atoms with Crippen molar-refractivity contribution in [1.82, 2.24) is 20.1 Å². The number of nitrogens with one attached hydrogen (secondary N) is 1. The summed E-state index contributed by atoms with van der Waals surface area (Å²) in [4.78, 5) is 28.6. The Hall–Kier alpha value is -3.66. The third-order valence-electron chi connectivity index (χ3n) is 6.82. The van der Waals surface area contributed by atoms with Crippen molar-refractivity contribution in [3.63, 3.8) is 0 Å². The first-order valence-electron chi connectivity index (χ1n) is 12.8. The number of aromatic nitrogens is 3. The molecule has 0 saturated carbocycles. The lowest BCUT2D eigenvalue weighted by molar-refractivity contribution is -0.119. The van der Waals surface area contributed by atoms with Crippen molar-refractivity contribution in [2.45, 2.75) is 58.2 Å². The van der Waals surface area contributed by atoms with E-state index in [1.165, 1.54) is 0 Å². The van der Waals surface area contributed by atoms with Crippen molar-refractivity contribution in [1.29, 1.82) is 0 Å². The molecule has 2 amide bonds. The molecule has 2 aromatic heterocycles. The van der Waals surface area contributed by atoms with Crippen molar-refractivity contribution in [2.75, 3.05) is 19.8 Å². The van der Waals surface area contributed by atoms with E-state index in [4.69, 9.17) is 19.9 Å². The van der Waals surface area contributed by atoms with E-state index < -0.39 is 5.91 Å². The van der Waals surface area contributed by atoms with Crippen LogP contribution >= 0.6 is 0 Å². The highest BCUT2D eigenvalue weighted by atomic mass is 16.5. The van der Waals surface area contributed by atoms with Crippen molar-refractivity contribution in [3.05, 3.63) is 36.3 Å². The first-order valence-corrected chi connectivity index (χ1v) is 12.8. The zero-order valence-electron chi connectivity index (χ0n) is 21.2. The molecule has 1 atom stereocenters. The predicted molar refractivity (Wildman–Crippen MR) is 137 cm³/mol. The molecular formula is C27H33N5O5. The van der Waals surface area contributed by atoms with Crippen molar-refractivity contribution >= 4 is 22.6 Å². The van der Waals surface area contributed by atoms with Gasteiger partial charge in [0.15, 0.2) is 0 Å². The van der Waals surface area contributed by atoms with E-state index in [1.807, 2.05) is 30.9 Å². The van der Waals surface area contributed by atoms with Crippen molar-refractivity contribution < 1.29 is 23.8 Å². The number of benzene rings is 1. The van der Waals surface area contributed by atoms with Crippen molar-refractivity contribution in [2.24, 2.45) is 11.7 Å². The number of fused-ring (bicyclic) bond motifs is 1. The average molecular weight is 508 g/mol. The molecule has 3 N–H and O–H groups in total. The quantitative estimate of drug-likeness (QED) is 0.455. The number of amides is 2. The lowest BCUT2D eigenvalue weighted by Crippen LogP contribution is -2.31. The summed E-state index contributed by atoms with van der Waals surface area (Å²) in [6.45, 7) is 6.47. The number of ether oxygens (including phenoxy) is 3. The molecule has 1 unspecified atom stereocenters. The Morgan fingerprint density at radius 3 is 2.73 bits per heavy atom. The van der Waals surface area contributed by atoms with Gasteiger partial charge < -0.3 is 25.3 Å². The molecular weight excluding hydrogens is 474 g/mol. The van der Waals surface area contributed by atoms with Gasteiger partial charge in [0.25, 0.3) is 5.91 Å². The maximum atomic E-state index is 12.4. The molecule has 0 radical (unpaired) electrons. The van der Waals surface area contributed by atoms with Crippen LogP contribution in [-0.4, -0.2) is 58.5 Å².